The first-order valence-corrected chi connectivity index (χ1v) is 7.21. The summed E-state index contributed by atoms with van der Waals surface area (Å²) in [4.78, 5) is 0. The van der Waals surface area contributed by atoms with E-state index in [0.717, 1.165) is 17.8 Å². The van der Waals surface area contributed by atoms with Crippen LogP contribution in [0.3, 0.4) is 0 Å². The van der Waals surface area contributed by atoms with Gasteiger partial charge in [-0.3, -0.25) is 0 Å². The SMILES string of the molecule is CCSCCCNc1cccc(-c2nn[nH]n2)c1. The van der Waals surface area contributed by atoms with Crippen LogP contribution in [0.1, 0.15) is 13.3 Å². The van der Waals surface area contributed by atoms with Crippen LogP contribution in [0.25, 0.3) is 11.4 Å². The van der Waals surface area contributed by atoms with E-state index in [9.17, 15) is 0 Å². The van der Waals surface area contributed by atoms with E-state index in [1.165, 1.54) is 17.9 Å². The highest BCUT2D eigenvalue weighted by molar-refractivity contribution is 7.99. The van der Waals surface area contributed by atoms with Crippen molar-refractivity contribution in [2.24, 2.45) is 0 Å². The minimum atomic E-state index is 0.625. The summed E-state index contributed by atoms with van der Waals surface area (Å²) in [5, 5.41) is 17.4. The zero-order chi connectivity index (χ0) is 12.6. The maximum atomic E-state index is 3.97. The highest BCUT2D eigenvalue weighted by Gasteiger charge is 2.02. The van der Waals surface area contributed by atoms with Gasteiger partial charge in [-0.25, -0.2) is 0 Å². The van der Waals surface area contributed by atoms with Gasteiger partial charge >= 0.3 is 0 Å². The number of nitrogens with one attached hydrogen (secondary N) is 2. The van der Waals surface area contributed by atoms with Crippen LogP contribution >= 0.6 is 11.8 Å². The summed E-state index contributed by atoms with van der Waals surface area (Å²) in [6.45, 7) is 3.18. The Morgan fingerprint density at radius 3 is 3.11 bits per heavy atom. The van der Waals surface area contributed by atoms with E-state index in [-0.39, 0.29) is 0 Å². The highest BCUT2D eigenvalue weighted by Crippen LogP contribution is 2.18. The van der Waals surface area contributed by atoms with E-state index in [0.29, 0.717) is 5.82 Å². The Labute approximate surface area is 111 Å². The number of nitrogens with zero attached hydrogens (tertiary/aromatic N) is 3. The van der Waals surface area contributed by atoms with Crippen molar-refractivity contribution in [3.63, 3.8) is 0 Å². The summed E-state index contributed by atoms with van der Waals surface area (Å²) in [6.07, 6.45) is 1.17. The number of tetrazole rings is 1. The number of H-pyrrole nitrogens is 1. The van der Waals surface area contributed by atoms with Gasteiger partial charge in [0.05, 0.1) is 0 Å². The molecule has 1 aromatic carbocycles. The standard InChI is InChI=1S/C12H17N5S/c1-2-18-8-4-7-13-11-6-3-5-10(9-11)12-14-16-17-15-12/h3,5-6,9,13H,2,4,7-8H2,1H3,(H,14,15,16,17). The first kappa shape index (κ1) is 12.9. The van der Waals surface area contributed by atoms with Gasteiger partial charge in [-0.1, -0.05) is 19.1 Å². The van der Waals surface area contributed by atoms with E-state index in [1.54, 1.807) is 0 Å². The molecule has 2 rings (SSSR count). The Kier molecular flexibility index (Phi) is 5.01. The van der Waals surface area contributed by atoms with Gasteiger partial charge in [-0.05, 0) is 35.3 Å². The Hall–Kier alpha value is -1.56. The van der Waals surface area contributed by atoms with Crippen LogP contribution in [0.2, 0.25) is 0 Å². The van der Waals surface area contributed by atoms with Crippen LogP contribution in [0, 0.1) is 0 Å². The van der Waals surface area contributed by atoms with Crippen LogP contribution in [-0.4, -0.2) is 38.7 Å². The Morgan fingerprint density at radius 2 is 2.33 bits per heavy atom. The van der Waals surface area contributed by atoms with Crippen molar-refractivity contribution in [2.75, 3.05) is 23.4 Å². The summed E-state index contributed by atoms with van der Waals surface area (Å²) in [6, 6.07) is 8.06. The Balaban J connectivity index is 1.88. The average Bonchev–Trinajstić information content (AvgIpc) is 2.93. The minimum Gasteiger partial charge on any atom is -0.385 e. The number of aromatic amines is 1. The molecule has 2 N–H and O–H groups in total. The molecular formula is C12H17N5S. The minimum absolute atomic E-state index is 0.625. The third kappa shape index (κ3) is 3.73. The van der Waals surface area contributed by atoms with E-state index >= 15 is 0 Å². The quantitative estimate of drug-likeness (QED) is 0.751. The molecule has 0 radical (unpaired) electrons. The highest BCUT2D eigenvalue weighted by atomic mass is 32.2. The molecular weight excluding hydrogens is 246 g/mol. The van der Waals surface area contributed by atoms with Gasteiger partial charge in [0.25, 0.3) is 0 Å². The predicted octanol–water partition coefficient (Wildman–Crippen LogP) is 2.42. The molecule has 0 bridgehead atoms. The Bertz CT molecular complexity index is 457. The summed E-state index contributed by atoms with van der Waals surface area (Å²) in [5.74, 6) is 3.02. The fraction of sp³-hybridized carbons (Fsp3) is 0.417. The largest absolute Gasteiger partial charge is 0.385 e. The third-order valence-corrected chi connectivity index (χ3v) is 3.45. The van der Waals surface area contributed by atoms with Gasteiger partial charge in [-0.2, -0.15) is 17.0 Å². The van der Waals surface area contributed by atoms with Crippen molar-refractivity contribution < 1.29 is 0 Å². The van der Waals surface area contributed by atoms with Crippen molar-refractivity contribution in [2.45, 2.75) is 13.3 Å². The second kappa shape index (κ2) is 7.00. The second-order valence-electron chi connectivity index (χ2n) is 3.79. The molecule has 0 aliphatic rings. The maximum Gasteiger partial charge on any atom is 0.204 e. The number of rotatable bonds is 7. The zero-order valence-electron chi connectivity index (χ0n) is 10.4. The monoisotopic (exact) mass is 263 g/mol. The third-order valence-electron chi connectivity index (χ3n) is 2.46. The topological polar surface area (TPSA) is 66.5 Å². The molecule has 0 atom stereocenters. The first-order chi connectivity index (χ1) is 8.90. The van der Waals surface area contributed by atoms with E-state index in [2.05, 4.69) is 38.9 Å². The fourth-order valence-electron chi connectivity index (χ4n) is 1.60. The molecule has 0 aliphatic heterocycles. The summed E-state index contributed by atoms with van der Waals surface area (Å²) in [7, 11) is 0. The van der Waals surface area contributed by atoms with E-state index in [1.807, 2.05) is 30.0 Å². The summed E-state index contributed by atoms with van der Waals surface area (Å²) in [5.41, 5.74) is 2.07. The molecule has 5 nitrogen and oxygen atoms in total. The van der Waals surface area contributed by atoms with Crippen molar-refractivity contribution >= 4 is 17.4 Å². The zero-order valence-corrected chi connectivity index (χ0v) is 11.2. The molecule has 1 aromatic heterocycles. The van der Waals surface area contributed by atoms with Crippen molar-refractivity contribution in [1.82, 2.24) is 20.6 Å². The van der Waals surface area contributed by atoms with Gasteiger partial charge in [0.15, 0.2) is 0 Å². The fourth-order valence-corrected chi connectivity index (χ4v) is 2.24. The van der Waals surface area contributed by atoms with Gasteiger partial charge in [0, 0.05) is 17.8 Å². The Morgan fingerprint density at radius 1 is 1.39 bits per heavy atom. The molecule has 96 valence electrons. The van der Waals surface area contributed by atoms with Gasteiger partial charge in [0.1, 0.15) is 0 Å². The average molecular weight is 263 g/mol. The van der Waals surface area contributed by atoms with Crippen molar-refractivity contribution in [3.8, 4) is 11.4 Å². The van der Waals surface area contributed by atoms with Gasteiger partial charge < -0.3 is 5.32 Å². The lowest BCUT2D eigenvalue weighted by molar-refractivity contribution is 0.881. The van der Waals surface area contributed by atoms with Crippen molar-refractivity contribution in [3.05, 3.63) is 24.3 Å². The summed E-state index contributed by atoms with van der Waals surface area (Å²) >= 11 is 1.97. The number of hydrogen-bond acceptors (Lipinski definition) is 5. The van der Waals surface area contributed by atoms with Crippen LogP contribution in [-0.2, 0) is 0 Å². The lowest BCUT2D eigenvalue weighted by Gasteiger charge is -2.06. The van der Waals surface area contributed by atoms with Gasteiger partial charge in [0.2, 0.25) is 5.82 Å². The number of thioether (sulfide) groups is 1. The number of aromatic nitrogens is 4. The van der Waals surface area contributed by atoms with Gasteiger partial charge in [-0.15, -0.1) is 10.2 Å². The molecule has 0 fully saturated rings. The second-order valence-corrected chi connectivity index (χ2v) is 5.19. The molecule has 0 amide bonds. The molecule has 6 heteroatoms. The molecule has 2 aromatic rings. The van der Waals surface area contributed by atoms with Crippen LogP contribution < -0.4 is 5.32 Å². The molecule has 1 heterocycles. The molecule has 0 saturated carbocycles. The normalized spacial score (nSPS) is 10.5. The maximum absolute atomic E-state index is 3.97. The lowest BCUT2D eigenvalue weighted by atomic mass is 10.2. The lowest BCUT2D eigenvalue weighted by Crippen LogP contribution is -2.02. The number of benzene rings is 1. The molecule has 0 aliphatic carbocycles. The molecule has 18 heavy (non-hydrogen) atoms. The smallest absolute Gasteiger partial charge is 0.204 e. The molecule has 0 spiro atoms. The van der Waals surface area contributed by atoms with E-state index < -0.39 is 0 Å². The van der Waals surface area contributed by atoms with Crippen LogP contribution in [0.4, 0.5) is 5.69 Å². The molecule has 0 unspecified atom stereocenters. The van der Waals surface area contributed by atoms with E-state index in [4.69, 9.17) is 0 Å². The first-order valence-electron chi connectivity index (χ1n) is 6.05. The predicted molar refractivity (Wildman–Crippen MR) is 75.7 cm³/mol. The van der Waals surface area contributed by atoms with Crippen molar-refractivity contribution in [1.29, 1.82) is 0 Å². The number of anilines is 1. The molecule has 0 saturated heterocycles. The van der Waals surface area contributed by atoms with Crippen LogP contribution in [0.5, 0.6) is 0 Å². The summed E-state index contributed by atoms with van der Waals surface area (Å²) < 4.78 is 0. The number of hydrogen-bond donors (Lipinski definition) is 2. The van der Waals surface area contributed by atoms with Crippen LogP contribution in [0.15, 0.2) is 24.3 Å².